The number of hydrogen-bond donors (Lipinski definition) is 1. The molecular formula is C24H27FN4OS. The van der Waals surface area contributed by atoms with Crippen molar-refractivity contribution >= 4 is 34.6 Å². The quantitative estimate of drug-likeness (QED) is 0.412. The van der Waals surface area contributed by atoms with Crippen molar-refractivity contribution in [3.63, 3.8) is 0 Å². The number of aromatic nitrogens is 2. The number of morpholine rings is 1. The zero-order valence-corrected chi connectivity index (χ0v) is 18.7. The van der Waals surface area contributed by atoms with E-state index in [2.05, 4.69) is 33.9 Å². The lowest BCUT2D eigenvalue weighted by Gasteiger charge is -2.29. The van der Waals surface area contributed by atoms with Crippen LogP contribution >= 0.6 is 11.8 Å². The molecule has 2 heterocycles. The van der Waals surface area contributed by atoms with E-state index in [0.29, 0.717) is 17.0 Å². The molecule has 1 atom stereocenters. The van der Waals surface area contributed by atoms with Gasteiger partial charge in [0.1, 0.15) is 12.1 Å². The molecule has 5 nitrogen and oxygen atoms in total. The van der Waals surface area contributed by atoms with E-state index >= 15 is 4.39 Å². The summed E-state index contributed by atoms with van der Waals surface area (Å²) in [7, 11) is 0. The van der Waals surface area contributed by atoms with E-state index < -0.39 is 0 Å². The molecule has 2 aromatic carbocycles. The molecule has 1 aliphatic heterocycles. The average molecular weight is 439 g/mol. The monoisotopic (exact) mass is 438 g/mol. The molecule has 1 N–H and O–H groups in total. The van der Waals surface area contributed by atoms with Crippen molar-refractivity contribution in [2.75, 3.05) is 42.7 Å². The summed E-state index contributed by atoms with van der Waals surface area (Å²) in [6, 6.07) is 9.66. The third kappa shape index (κ3) is 4.72. The molecule has 0 amide bonds. The van der Waals surface area contributed by atoms with Crippen LogP contribution in [0.1, 0.15) is 24.0 Å². The van der Waals surface area contributed by atoms with Crippen LogP contribution < -0.4 is 4.90 Å². The normalized spacial score (nSPS) is 15.3. The standard InChI is InChI=1S/C24H27FN4OS/c1-16-11-22(25)21(13-20(16)17(2)14-31-10-5-26)24-19-4-3-18(12-23(19)27-15-28-24)29-6-8-30-9-7-29/h3-5,11-13,15,17,26H,6-10,14H2,1-2H3. The Morgan fingerprint density at radius 2 is 2.03 bits per heavy atom. The van der Waals surface area contributed by atoms with Crippen molar-refractivity contribution in [1.29, 1.82) is 5.41 Å². The second kappa shape index (κ2) is 9.75. The first kappa shape index (κ1) is 21.7. The highest BCUT2D eigenvalue weighted by molar-refractivity contribution is 7.99. The Kier molecular flexibility index (Phi) is 6.83. The number of rotatable bonds is 7. The van der Waals surface area contributed by atoms with Crippen molar-refractivity contribution < 1.29 is 9.13 Å². The molecule has 162 valence electrons. The van der Waals surface area contributed by atoms with E-state index in [0.717, 1.165) is 59.8 Å². The highest BCUT2D eigenvalue weighted by Gasteiger charge is 2.18. The SMILES string of the molecule is Cc1cc(F)c(-c2ncnc3cc(N4CCOCC4)ccc23)cc1C(C)CSCC=N. The Morgan fingerprint density at radius 1 is 1.23 bits per heavy atom. The van der Waals surface area contributed by atoms with Crippen molar-refractivity contribution in [3.8, 4) is 11.3 Å². The summed E-state index contributed by atoms with van der Waals surface area (Å²) >= 11 is 1.71. The molecule has 1 aromatic heterocycles. The molecule has 3 aromatic rings. The number of fused-ring (bicyclic) bond motifs is 1. The van der Waals surface area contributed by atoms with E-state index in [1.807, 2.05) is 19.1 Å². The van der Waals surface area contributed by atoms with Gasteiger partial charge in [-0.05, 0) is 54.3 Å². The Labute approximate surface area is 186 Å². The van der Waals surface area contributed by atoms with Gasteiger partial charge in [0.25, 0.3) is 0 Å². The van der Waals surface area contributed by atoms with Gasteiger partial charge >= 0.3 is 0 Å². The summed E-state index contributed by atoms with van der Waals surface area (Å²) in [4.78, 5) is 11.2. The summed E-state index contributed by atoms with van der Waals surface area (Å²) in [6.07, 6.45) is 2.93. The van der Waals surface area contributed by atoms with Crippen LogP contribution in [0.15, 0.2) is 36.7 Å². The van der Waals surface area contributed by atoms with E-state index in [4.69, 9.17) is 10.1 Å². The molecule has 1 saturated heterocycles. The van der Waals surface area contributed by atoms with E-state index in [1.165, 1.54) is 12.5 Å². The third-order valence-electron chi connectivity index (χ3n) is 5.71. The van der Waals surface area contributed by atoms with Crippen LogP contribution in [-0.4, -0.2) is 54.0 Å². The van der Waals surface area contributed by atoms with Gasteiger partial charge in [-0.25, -0.2) is 14.4 Å². The van der Waals surface area contributed by atoms with Crippen molar-refractivity contribution in [1.82, 2.24) is 9.97 Å². The molecule has 0 bridgehead atoms. The van der Waals surface area contributed by atoms with Gasteiger partial charge in [-0.2, -0.15) is 11.8 Å². The molecule has 31 heavy (non-hydrogen) atoms. The number of hydrogen-bond acceptors (Lipinski definition) is 6. The maximum absolute atomic E-state index is 15.1. The Morgan fingerprint density at radius 3 is 2.81 bits per heavy atom. The average Bonchev–Trinajstić information content (AvgIpc) is 2.79. The van der Waals surface area contributed by atoms with Crippen LogP contribution in [0.2, 0.25) is 0 Å². The molecule has 1 unspecified atom stereocenters. The van der Waals surface area contributed by atoms with Gasteiger partial charge < -0.3 is 15.0 Å². The summed E-state index contributed by atoms with van der Waals surface area (Å²) in [5.41, 5.74) is 5.10. The highest BCUT2D eigenvalue weighted by Crippen LogP contribution is 2.34. The van der Waals surface area contributed by atoms with Gasteiger partial charge in [-0.1, -0.05) is 6.92 Å². The number of ether oxygens (including phenoxy) is 1. The molecule has 0 spiro atoms. The van der Waals surface area contributed by atoms with Crippen molar-refractivity contribution in [2.24, 2.45) is 0 Å². The van der Waals surface area contributed by atoms with Gasteiger partial charge in [0, 0.05) is 47.4 Å². The summed E-state index contributed by atoms with van der Waals surface area (Å²) in [5.74, 6) is 1.57. The summed E-state index contributed by atoms with van der Waals surface area (Å²) in [5, 5.41) is 8.05. The largest absolute Gasteiger partial charge is 0.378 e. The molecular weight excluding hydrogens is 411 g/mol. The predicted molar refractivity (Wildman–Crippen MR) is 127 cm³/mol. The van der Waals surface area contributed by atoms with Crippen LogP contribution in [0.25, 0.3) is 22.2 Å². The van der Waals surface area contributed by atoms with Gasteiger partial charge in [-0.3, -0.25) is 0 Å². The topological polar surface area (TPSA) is 62.1 Å². The van der Waals surface area contributed by atoms with Gasteiger partial charge in [0.15, 0.2) is 0 Å². The first-order valence-corrected chi connectivity index (χ1v) is 11.7. The first-order chi connectivity index (χ1) is 15.1. The van der Waals surface area contributed by atoms with E-state index in [9.17, 15) is 0 Å². The van der Waals surface area contributed by atoms with Crippen LogP contribution in [0, 0.1) is 18.2 Å². The Balaban J connectivity index is 1.72. The fourth-order valence-electron chi connectivity index (χ4n) is 4.07. The zero-order valence-electron chi connectivity index (χ0n) is 17.9. The second-order valence-electron chi connectivity index (χ2n) is 7.85. The number of benzene rings is 2. The van der Waals surface area contributed by atoms with Crippen LogP contribution in [0.4, 0.5) is 10.1 Å². The predicted octanol–water partition coefficient (Wildman–Crippen LogP) is 5.07. The molecule has 1 aliphatic rings. The second-order valence-corrected chi connectivity index (χ2v) is 8.93. The number of nitrogens with one attached hydrogen (secondary N) is 1. The van der Waals surface area contributed by atoms with Crippen LogP contribution in [0.3, 0.4) is 0 Å². The minimum atomic E-state index is -0.266. The minimum absolute atomic E-state index is 0.255. The molecule has 4 rings (SSSR count). The smallest absolute Gasteiger partial charge is 0.132 e. The number of anilines is 1. The highest BCUT2D eigenvalue weighted by atomic mass is 32.2. The third-order valence-corrected chi connectivity index (χ3v) is 6.85. The molecule has 7 heteroatoms. The number of halogens is 1. The van der Waals surface area contributed by atoms with Gasteiger partial charge in [-0.15, -0.1) is 0 Å². The minimum Gasteiger partial charge on any atom is -0.378 e. The zero-order chi connectivity index (χ0) is 21.8. The van der Waals surface area contributed by atoms with Crippen LogP contribution in [0.5, 0.6) is 0 Å². The fourth-order valence-corrected chi connectivity index (χ4v) is 4.86. The number of thioether (sulfide) groups is 1. The van der Waals surface area contributed by atoms with Crippen molar-refractivity contribution in [2.45, 2.75) is 19.8 Å². The first-order valence-electron chi connectivity index (χ1n) is 10.5. The Bertz CT molecular complexity index is 1080. The maximum Gasteiger partial charge on any atom is 0.132 e. The van der Waals surface area contributed by atoms with Gasteiger partial charge in [0.05, 0.1) is 24.4 Å². The van der Waals surface area contributed by atoms with E-state index in [-0.39, 0.29) is 11.7 Å². The summed E-state index contributed by atoms with van der Waals surface area (Å²) < 4.78 is 20.5. The lowest BCUT2D eigenvalue weighted by atomic mass is 9.93. The summed E-state index contributed by atoms with van der Waals surface area (Å²) in [6.45, 7) is 7.25. The van der Waals surface area contributed by atoms with Gasteiger partial charge in [0.2, 0.25) is 0 Å². The molecule has 0 radical (unpaired) electrons. The molecule has 0 aliphatic carbocycles. The van der Waals surface area contributed by atoms with Crippen LogP contribution in [-0.2, 0) is 4.74 Å². The molecule has 0 saturated carbocycles. The fraction of sp³-hybridized carbons (Fsp3) is 0.375. The number of aryl methyl sites for hydroxylation is 1. The molecule has 1 fully saturated rings. The van der Waals surface area contributed by atoms with Crippen molar-refractivity contribution in [3.05, 3.63) is 53.6 Å². The Hall–Kier alpha value is -2.51. The maximum atomic E-state index is 15.1. The van der Waals surface area contributed by atoms with E-state index in [1.54, 1.807) is 17.8 Å². The lowest BCUT2D eigenvalue weighted by Crippen LogP contribution is -2.36. The number of nitrogens with zero attached hydrogens (tertiary/aromatic N) is 3. The lowest BCUT2D eigenvalue weighted by molar-refractivity contribution is 0.122.